The average Bonchev–Trinajstić information content (AvgIpc) is 3.00. The second kappa shape index (κ2) is 4.65. The van der Waals surface area contributed by atoms with Crippen LogP contribution in [0, 0.1) is 6.92 Å². The molecule has 0 saturated heterocycles. The molecular formula is C13H11N5O4. The average molecular weight is 301 g/mol. The summed E-state index contributed by atoms with van der Waals surface area (Å²) in [5, 5.41) is 26.2. The lowest BCUT2D eigenvalue weighted by atomic mass is 10.1. The topological polar surface area (TPSA) is 123 Å². The van der Waals surface area contributed by atoms with E-state index >= 15 is 0 Å². The maximum atomic E-state index is 11.4. The number of aryl methyl sites for hydroxylation is 2. The third kappa shape index (κ3) is 2.08. The Labute approximate surface area is 123 Å². The molecular weight excluding hydrogens is 290 g/mol. The van der Waals surface area contributed by atoms with Crippen LogP contribution < -0.4 is 0 Å². The third-order valence-corrected chi connectivity index (χ3v) is 3.15. The van der Waals surface area contributed by atoms with Gasteiger partial charge in [0.05, 0.1) is 11.4 Å². The van der Waals surface area contributed by atoms with E-state index in [0.717, 1.165) is 4.52 Å². The van der Waals surface area contributed by atoms with E-state index in [1.54, 1.807) is 24.9 Å². The van der Waals surface area contributed by atoms with Crippen molar-refractivity contribution in [1.82, 2.24) is 24.4 Å². The van der Waals surface area contributed by atoms with E-state index in [1.807, 2.05) is 0 Å². The zero-order chi connectivity index (χ0) is 16.0. The van der Waals surface area contributed by atoms with Gasteiger partial charge in [-0.25, -0.2) is 19.1 Å². The van der Waals surface area contributed by atoms with Crippen LogP contribution in [0.2, 0.25) is 0 Å². The Morgan fingerprint density at radius 3 is 2.41 bits per heavy atom. The molecule has 2 N–H and O–H groups in total. The smallest absolute Gasteiger partial charge is 0.356 e. The van der Waals surface area contributed by atoms with Crippen LogP contribution in [0.3, 0.4) is 0 Å². The van der Waals surface area contributed by atoms with E-state index in [9.17, 15) is 14.7 Å². The van der Waals surface area contributed by atoms with Gasteiger partial charge in [0.15, 0.2) is 17.0 Å². The number of aromatic nitrogens is 5. The molecule has 0 aliphatic rings. The highest BCUT2D eigenvalue weighted by atomic mass is 16.4. The van der Waals surface area contributed by atoms with Crippen molar-refractivity contribution in [3.63, 3.8) is 0 Å². The van der Waals surface area contributed by atoms with E-state index in [0.29, 0.717) is 17.0 Å². The number of hydrogen-bond acceptors (Lipinski definition) is 5. The standard InChI is InChI=1S/C13H11N5O4/c1-6-7(5-17(2)15-6)8-3-10(13(21)22)18-11(14-8)4-9(16-18)12(19)20/h3-5H,1-2H3,(H,19,20)(H,21,22). The predicted octanol–water partition coefficient (Wildman–Crippen LogP) is 0.835. The summed E-state index contributed by atoms with van der Waals surface area (Å²) in [6.45, 7) is 1.78. The van der Waals surface area contributed by atoms with Crippen LogP contribution >= 0.6 is 0 Å². The number of aromatic carboxylic acids is 2. The van der Waals surface area contributed by atoms with Gasteiger partial charge >= 0.3 is 11.9 Å². The molecule has 0 radical (unpaired) electrons. The zero-order valence-corrected chi connectivity index (χ0v) is 11.7. The van der Waals surface area contributed by atoms with E-state index in [-0.39, 0.29) is 17.0 Å². The van der Waals surface area contributed by atoms with Crippen molar-refractivity contribution in [1.29, 1.82) is 0 Å². The Morgan fingerprint density at radius 1 is 1.14 bits per heavy atom. The summed E-state index contributed by atoms with van der Waals surface area (Å²) in [7, 11) is 1.74. The highest BCUT2D eigenvalue weighted by molar-refractivity contribution is 5.90. The number of carboxylic acids is 2. The summed E-state index contributed by atoms with van der Waals surface area (Å²) in [4.78, 5) is 26.7. The van der Waals surface area contributed by atoms with Crippen LogP contribution in [-0.4, -0.2) is 46.5 Å². The van der Waals surface area contributed by atoms with Crippen molar-refractivity contribution in [3.05, 3.63) is 35.4 Å². The Morgan fingerprint density at radius 2 is 1.86 bits per heavy atom. The molecule has 3 rings (SSSR count). The lowest BCUT2D eigenvalue weighted by Crippen LogP contribution is -2.09. The van der Waals surface area contributed by atoms with Crippen molar-refractivity contribution in [3.8, 4) is 11.3 Å². The van der Waals surface area contributed by atoms with Crippen molar-refractivity contribution in [2.75, 3.05) is 0 Å². The van der Waals surface area contributed by atoms with E-state index in [1.165, 1.54) is 12.1 Å². The first kappa shape index (κ1) is 13.7. The van der Waals surface area contributed by atoms with Gasteiger partial charge in [0.1, 0.15) is 0 Å². The van der Waals surface area contributed by atoms with Crippen LogP contribution in [-0.2, 0) is 7.05 Å². The monoisotopic (exact) mass is 301 g/mol. The van der Waals surface area contributed by atoms with Crippen LogP contribution in [0.5, 0.6) is 0 Å². The van der Waals surface area contributed by atoms with Gasteiger partial charge in [0, 0.05) is 24.9 Å². The van der Waals surface area contributed by atoms with Gasteiger partial charge in [-0.2, -0.15) is 10.2 Å². The fraction of sp³-hybridized carbons (Fsp3) is 0.154. The van der Waals surface area contributed by atoms with Crippen molar-refractivity contribution < 1.29 is 19.8 Å². The number of carbonyl (C=O) groups is 2. The van der Waals surface area contributed by atoms with Crippen LogP contribution in [0.4, 0.5) is 0 Å². The fourth-order valence-corrected chi connectivity index (χ4v) is 2.22. The first-order valence-corrected chi connectivity index (χ1v) is 6.25. The van der Waals surface area contributed by atoms with Crippen LogP contribution in [0.15, 0.2) is 18.3 Å². The van der Waals surface area contributed by atoms with Crippen LogP contribution in [0.25, 0.3) is 16.9 Å². The van der Waals surface area contributed by atoms with Gasteiger partial charge in [-0.1, -0.05) is 0 Å². The molecule has 3 aromatic heterocycles. The van der Waals surface area contributed by atoms with Crippen molar-refractivity contribution in [2.24, 2.45) is 7.05 Å². The Kier molecular flexibility index (Phi) is 2.91. The van der Waals surface area contributed by atoms with Gasteiger partial charge in [0.2, 0.25) is 0 Å². The minimum atomic E-state index is -1.25. The Balaban J connectivity index is 2.31. The molecule has 0 unspecified atom stereocenters. The molecule has 0 spiro atoms. The lowest BCUT2D eigenvalue weighted by Gasteiger charge is -2.03. The number of fused-ring (bicyclic) bond motifs is 1. The number of hydrogen-bond donors (Lipinski definition) is 2. The molecule has 3 heterocycles. The summed E-state index contributed by atoms with van der Waals surface area (Å²) in [5.41, 5.74) is 1.47. The summed E-state index contributed by atoms with van der Waals surface area (Å²) in [5.74, 6) is -2.48. The van der Waals surface area contributed by atoms with Gasteiger partial charge < -0.3 is 10.2 Å². The predicted molar refractivity (Wildman–Crippen MR) is 73.8 cm³/mol. The fourth-order valence-electron chi connectivity index (χ4n) is 2.22. The SMILES string of the molecule is Cc1nn(C)cc1-c1cc(C(=O)O)n2nc(C(=O)O)cc2n1. The third-order valence-electron chi connectivity index (χ3n) is 3.15. The highest BCUT2D eigenvalue weighted by Crippen LogP contribution is 2.23. The molecule has 9 heteroatoms. The summed E-state index contributed by atoms with van der Waals surface area (Å²) < 4.78 is 2.59. The molecule has 0 amide bonds. The summed E-state index contributed by atoms with van der Waals surface area (Å²) >= 11 is 0. The molecule has 0 aromatic carbocycles. The largest absolute Gasteiger partial charge is 0.477 e. The normalized spacial score (nSPS) is 11.0. The summed E-state index contributed by atoms with van der Waals surface area (Å²) in [6, 6.07) is 2.57. The van der Waals surface area contributed by atoms with Gasteiger partial charge in [-0.05, 0) is 13.0 Å². The molecule has 112 valence electrons. The molecule has 3 aromatic rings. The second-order valence-electron chi connectivity index (χ2n) is 4.74. The first-order chi connectivity index (χ1) is 10.4. The second-order valence-corrected chi connectivity index (χ2v) is 4.74. The molecule has 9 nitrogen and oxygen atoms in total. The van der Waals surface area contributed by atoms with Crippen LogP contribution in [0.1, 0.15) is 26.7 Å². The van der Waals surface area contributed by atoms with Gasteiger partial charge in [-0.3, -0.25) is 4.68 Å². The first-order valence-electron chi connectivity index (χ1n) is 6.25. The molecule has 0 fully saturated rings. The molecule has 0 aliphatic carbocycles. The molecule has 0 saturated carbocycles. The maximum Gasteiger partial charge on any atom is 0.356 e. The quantitative estimate of drug-likeness (QED) is 0.734. The summed E-state index contributed by atoms with van der Waals surface area (Å²) in [6.07, 6.45) is 1.72. The molecule has 0 aliphatic heterocycles. The highest BCUT2D eigenvalue weighted by Gasteiger charge is 2.19. The van der Waals surface area contributed by atoms with Gasteiger partial charge in [0.25, 0.3) is 0 Å². The number of rotatable bonds is 3. The zero-order valence-electron chi connectivity index (χ0n) is 11.7. The van der Waals surface area contributed by atoms with E-state index in [4.69, 9.17) is 5.11 Å². The maximum absolute atomic E-state index is 11.4. The van der Waals surface area contributed by atoms with E-state index < -0.39 is 11.9 Å². The lowest BCUT2D eigenvalue weighted by molar-refractivity contribution is 0.0671. The molecule has 0 bridgehead atoms. The van der Waals surface area contributed by atoms with Crippen molar-refractivity contribution >= 4 is 17.6 Å². The Hall–Kier alpha value is -3.23. The Bertz CT molecular complexity index is 924. The molecule has 0 atom stereocenters. The van der Waals surface area contributed by atoms with E-state index in [2.05, 4.69) is 15.2 Å². The van der Waals surface area contributed by atoms with Crippen molar-refractivity contribution in [2.45, 2.75) is 6.92 Å². The molecule has 22 heavy (non-hydrogen) atoms. The number of carboxylic acid groups (broad SMARTS) is 2. The minimum Gasteiger partial charge on any atom is -0.477 e. The van der Waals surface area contributed by atoms with Gasteiger partial charge in [-0.15, -0.1) is 0 Å². The minimum absolute atomic E-state index is 0.149. The number of nitrogens with zero attached hydrogens (tertiary/aromatic N) is 5.